The maximum Gasteiger partial charge on any atom is 0.257 e. The van der Waals surface area contributed by atoms with Crippen LogP contribution in [0.5, 0.6) is 5.75 Å². The lowest BCUT2D eigenvalue weighted by Crippen LogP contribution is -2.11. The standard InChI is InChI=1S/C15H12N2O2S2/c1-19-10-4-7-12-13(8-10)21-15(16-12)17-14(18)9-2-5-11(20)6-3-9/h2-8,20H,1H3,(H,16,17,18). The number of thiol groups is 1. The normalized spacial score (nSPS) is 10.6. The van der Waals surface area contributed by atoms with Crippen LogP contribution in [0.1, 0.15) is 10.4 Å². The first kappa shape index (κ1) is 13.9. The second kappa shape index (κ2) is 5.75. The summed E-state index contributed by atoms with van der Waals surface area (Å²) < 4.78 is 6.15. The lowest BCUT2D eigenvalue weighted by Gasteiger charge is -2.01. The van der Waals surface area contributed by atoms with Crippen LogP contribution in [0.15, 0.2) is 47.4 Å². The van der Waals surface area contributed by atoms with Crippen LogP contribution >= 0.6 is 24.0 Å². The fraction of sp³-hybridized carbons (Fsp3) is 0.0667. The molecule has 3 aromatic rings. The van der Waals surface area contributed by atoms with Gasteiger partial charge < -0.3 is 4.74 Å². The second-order valence-corrected chi connectivity index (χ2v) is 5.90. The van der Waals surface area contributed by atoms with Gasteiger partial charge in [0.2, 0.25) is 0 Å². The molecule has 0 saturated heterocycles. The molecule has 0 bridgehead atoms. The van der Waals surface area contributed by atoms with E-state index in [0.29, 0.717) is 10.7 Å². The van der Waals surface area contributed by atoms with Gasteiger partial charge in [-0.2, -0.15) is 0 Å². The minimum absolute atomic E-state index is 0.186. The molecular formula is C15H12N2O2S2. The van der Waals surface area contributed by atoms with Gasteiger partial charge >= 0.3 is 0 Å². The fourth-order valence-electron chi connectivity index (χ4n) is 1.87. The summed E-state index contributed by atoms with van der Waals surface area (Å²) in [5.41, 5.74) is 1.41. The number of benzene rings is 2. The number of anilines is 1. The lowest BCUT2D eigenvalue weighted by atomic mass is 10.2. The van der Waals surface area contributed by atoms with Crippen LogP contribution in [0.4, 0.5) is 5.13 Å². The fourth-order valence-corrected chi connectivity index (χ4v) is 2.91. The minimum atomic E-state index is -0.186. The molecule has 2 aromatic carbocycles. The molecule has 0 aliphatic heterocycles. The molecule has 1 heterocycles. The Morgan fingerprint density at radius 1 is 1.24 bits per heavy atom. The highest BCUT2D eigenvalue weighted by Crippen LogP contribution is 2.29. The number of aromatic nitrogens is 1. The first-order valence-corrected chi connectivity index (χ1v) is 7.47. The van der Waals surface area contributed by atoms with Crippen LogP contribution in [0.25, 0.3) is 10.2 Å². The molecule has 0 unspecified atom stereocenters. The molecule has 1 amide bonds. The number of amides is 1. The van der Waals surface area contributed by atoms with E-state index in [4.69, 9.17) is 4.74 Å². The number of thiazole rings is 1. The first-order chi connectivity index (χ1) is 10.2. The van der Waals surface area contributed by atoms with Crippen LogP contribution < -0.4 is 10.1 Å². The average molecular weight is 316 g/mol. The molecule has 0 radical (unpaired) electrons. The van der Waals surface area contributed by atoms with E-state index in [2.05, 4.69) is 22.9 Å². The number of nitrogens with one attached hydrogen (secondary N) is 1. The first-order valence-electron chi connectivity index (χ1n) is 6.20. The monoisotopic (exact) mass is 316 g/mol. The van der Waals surface area contributed by atoms with E-state index in [0.717, 1.165) is 20.9 Å². The van der Waals surface area contributed by atoms with Gasteiger partial charge in [0, 0.05) is 10.5 Å². The van der Waals surface area contributed by atoms with Gasteiger partial charge in [-0.15, -0.1) is 12.6 Å². The van der Waals surface area contributed by atoms with Crippen LogP contribution in [0, 0.1) is 0 Å². The summed E-state index contributed by atoms with van der Waals surface area (Å²) in [6.45, 7) is 0. The molecule has 0 saturated carbocycles. The summed E-state index contributed by atoms with van der Waals surface area (Å²) in [6.07, 6.45) is 0. The smallest absolute Gasteiger partial charge is 0.257 e. The van der Waals surface area contributed by atoms with Gasteiger partial charge in [-0.1, -0.05) is 11.3 Å². The molecule has 0 spiro atoms. The zero-order valence-electron chi connectivity index (χ0n) is 11.2. The predicted octanol–water partition coefficient (Wildman–Crippen LogP) is 3.85. The van der Waals surface area contributed by atoms with Crippen molar-refractivity contribution >= 4 is 45.2 Å². The van der Waals surface area contributed by atoms with Crippen molar-refractivity contribution in [2.75, 3.05) is 12.4 Å². The molecule has 106 valence electrons. The summed E-state index contributed by atoms with van der Waals surface area (Å²) in [6, 6.07) is 12.6. The van der Waals surface area contributed by atoms with Crippen molar-refractivity contribution in [2.45, 2.75) is 4.90 Å². The number of methoxy groups -OCH3 is 1. The number of carbonyl (C=O) groups excluding carboxylic acids is 1. The Morgan fingerprint density at radius 3 is 2.71 bits per heavy atom. The Kier molecular flexibility index (Phi) is 3.81. The second-order valence-electron chi connectivity index (χ2n) is 4.35. The molecule has 0 fully saturated rings. The van der Waals surface area contributed by atoms with Crippen LogP contribution in [-0.2, 0) is 0 Å². The number of hydrogen-bond donors (Lipinski definition) is 2. The Labute approximate surface area is 131 Å². The van der Waals surface area contributed by atoms with E-state index in [-0.39, 0.29) is 5.91 Å². The molecule has 1 aromatic heterocycles. The van der Waals surface area contributed by atoms with Gasteiger partial charge in [-0.25, -0.2) is 4.98 Å². The van der Waals surface area contributed by atoms with Crippen molar-refractivity contribution < 1.29 is 9.53 Å². The average Bonchev–Trinajstić information content (AvgIpc) is 2.88. The molecule has 0 atom stereocenters. The van der Waals surface area contributed by atoms with Crippen molar-refractivity contribution in [1.82, 2.24) is 4.98 Å². The van der Waals surface area contributed by atoms with Gasteiger partial charge in [-0.05, 0) is 42.5 Å². The van der Waals surface area contributed by atoms with Gasteiger partial charge in [-0.3, -0.25) is 10.1 Å². The van der Waals surface area contributed by atoms with Gasteiger partial charge in [0.05, 0.1) is 17.3 Å². The summed E-state index contributed by atoms with van der Waals surface area (Å²) in [7, 11) is 1.62. The van der Waals surface area contributed by atoms with E-state index >= 15 is 0 Å². The number of nitrogens with zero attached hydrogens (tertiary/aromatic N) is 1. The van der Waals surface area contributed by atoms with Gasteiger partial charge in [0.25, 0.3) is 5.91 Å². The number of hydrogen-bond acceptors (Lipinski definition) is 5. The highest BCUT2D eigenvalue weighted by Gasteiger charge is 2.10. The van der Waals surface area contributed by atoms with Crippen molar-refractivity contribution in [1.29, 1.82) is 0 Å². The molecule has 6 heteroatoms. The maximum atomic E-state index is 12.1. The van der Waals surface area contributed by atoms with E-state index in [1.165, 1.54) is 11.3 Å². The van der Waals surface area contributed by atoms with Crippen LogP contribution in [0.2, 0.25) is 0 Å². The van der Waals surface area contributed by atoms with Crippen LogP contribution in [0.3, 0.4) is 0 Å². The predicted molar refractivity (Wildman–Crippen MR) is 87.8 cm³/mol. The highest BCUT2D eigenvalue weighted by atomic mass is 32.1. The summed E-state index contributed by atoms with van der Waals surface area (Å²) in [5.74, 6) is 0.586. The Hall–Kier alpha value is -2.05. The van der Waals surface area contributed by atoms with E-state index in [9.17, 15) is 4.79 Å². The number of rotatable bonds is 3. The Bertz CT molecular complexity index is 797. The third-order valence-electron chi connectivity index (χ3n) is 2.95. The third kappa shape index (κ3) is 3.01. The molecule has 0 aliphatic carbocycles. The van der Waals surface area contributed by atoms with Crippen molar-refractivity contribution in [3.63, 3.8) is 0 Å². The SMILES string of the molecule is COc1ccc2nc(NC(=O)c3ccc(S)cc3)sc2c1. The molecule has 3 rings (SSSR count). The minimum Gasteiger partial charge on any atom is -0.497 e. The zero-order valence-corrected chi connectivity index (χ0v) is 12.9. The van der Waals surface area contributed by atoms with Crippen molar-refractivity contribution in [3.8, 4) is 5.75 Å². The van der Waals surface area contributed by atoms with Gasteiger partial charge in [0.15, 0.2) is 5.13 Å². The maximum absolute atomic E-state index is 12.1. The Balaban J connectivity index is 1.84. The summed E-state index contributed by atoms with van der Waals surface area (Å²) >= 11 is 5.61. The zero-order chi connectivity index (χ0) is 14.8. The van der Waals surface area contributed by atoms with E-state index in [1.54, 1.807) is 31.4 Å². The van der Waals surface area contributed by atoms with Crippen LogP contribution in [-0.4, -0.2) is 18.0 Å². The summed E-state index contributed by atoms with van der Waals surface area (Å²) in [5, 5.41) is 3.38. The summed E-state index contributed by atoms with van der Waals surface area (Å²) in [4.78, 5) is 17.3. The largest absolute Gasteiger partial charge is 0.497 e. The third-order valence-corrected chi connectivity index (χ3v) is 4.18. The number of fused-ring (bicyclic) bond motifs is 1. The molecule has 0 aliphatic rings. The van der Waals surface area contributed by atoms with Crippen molar-refractivity contribution in [3.05, 3.63) is 48.0 Å². The highest BCUT2D eigenvalue weighted by molar-refractivity contribution is 7.80. The van der Waals surface area contributed by atoms with Gasteiger partial charge in [0.1, 0.15) is 5.75 Å². The van der Waals surface area contributed by atoms with E-state index < -0.39 is 0 Å². The molecule has 21 heavy (non-hydrogen) atoms. The van der Waals surface area contributed by atoms with E-state index in [1.807, 2.05) is 18.2 Å². The topological polar surface area (TPSA) is 51.2 Å². The van der Waals surface area contributed by atoms with Crippen molar-refractivity contribution in [2.24, 2.45) is 0 Å². The number of carbonyl (C=O) groups is 1. The quantitative estimate of drug-likeness (QED) is 0.722. The molecule has 4 nitrogen and oxygen atoms in total. The lowest BCUT2D eigenvalue weighted by molar-refractivity contribution is 0.102. The molecular weight excluding hydrogens is 304 g/mol. The molecule has 1 N–H and O–H groups in total. The Morgan fingerprint density at radius 2 is 2.00 bits per heavy atom. The number of ether oxygens (including phenoxy) is 1.